The average Bonchev–Trinajstić information content (AvgIpc) is 2.86. The van der Waals surface area contributed by atoms with Crippen LogP contribution in [0.25, 0.3) is 0 Å². The summed E-state index contributed by atoms with van der Waals surface area (Å²) < 4.78 is 10.9. The number of carbonyl (C=O) groups excluding carboxylic acids is 4. The predicted molar refractivity (Wildman–Crippen MR) is 141 cm³/mol. The van der Waals surface area contributed by atoms with E-state index in [2.05, 4.69) is 23.8 Å². The van der Waals surface area contributed by atoms with Crippen molar-refractivity contribution in [3.8, 4) is 11.5 Å². The van der Waals surface area contributed by atoms with Gasteiger partial charge in [-0.25, -0.2) is 9.59 Å². The summed E-state index contributed by atoms with van der Waals surface area (Å²) in [4.78, 5) is 48.5. The molecule has 0 atom stereocenters. The van der Waals surface area contributed by atoms with Crippen LogP contribution in [0.4, 0.5) is 11.4 Å². The molecule has 3 aromatic rings. The molecule has 0 spiro atoms. The quantitative estimate of drug-likeness (QED) is 0.242. The van der Waals surface area contributed by atoms with E-state index in [1.807, 2.05) is 0 Å². The molecule has 0 aliphatic carbocycles. The Morgan fingerprint density at radius 2 is 1.08 bits per heavy atom. The standard InChI is InChI=1S/C29H26N2O6/c1-17(2)26(32)30-22-10-6-20(7-11-22)28(34)36-24-14-15-25(19(5)16-24)37-29(35)21-8-12-23(13-9-21)31-27(33)18(3)4/h6-16H,1,3H2,2,4-5H3,(H,30,32)(H,31,33). The number of esters is 2. The lowest BCUT2D eigenvalue weighted by Crippen LogP contribution is -2.13. The lowest BCUT2D eigenvalue weighted by Gasteiger charge is -2.11. The number of carbonyl (C=O) groups is 4. The Hall–Kier alpha value is -4.98. The summed E-state index contributed by atoms with van der Waals surface area (Å²) in [7, 11) is 0. The fraction of sp³-hybridized carbons (Fsp3) is 0.103. The van der Waals surface area contributed by atoms with E-state index in [1.165, 1.54) is 36.4 Å². The number of benzene rings is 3. The Bertz CT molecular complexity index is 1390. The zero-order valence-electron chi connectivity index (χ0n) is 20.7. The second-order valence-electron chi connectivity index (χ2n) is 8.33. The molecular formula is C29H26N2O6. The first-order valence-electron chi connectivity index (χ1n) is 11.2. The van der Waals surface area contributed by atoms with Crippen molar-refractivity contribution < 1.29 is 28.7 Å². The van der Waals surface area contributed by atoms with Crippen LogP contribution in [-0.2, 0) is 9.59 Å². The number of amides is 2. The van der Waals surface area contributed by atoms with Gasteiger partial charge in [-0.1, -0.05) is 13.2 Å². The van der Waals surface area contributed by atoms with E-state index in [4.69, 9.17) is 9.47 Å². The highest BCUT2D eigenvalue weighted by Crippen LogP contribution is 2.25. The molecule has 0 bridgehead atoms. The number of ether oxygens (including phenoxy) is 2. The van der Waals surface area contributed by atoms with Crippen molar-refractivity contribution in [2.45, 2.75) is 20.8 Å². The summed E-state index contributed by atoms with van der Waals surface area (Å²) in [6.07, 6.45) is 0. The summed E-state index contributed by atoms with van der Waals surface area (Å²) in [6.45, 7) is 12.1. The van der Waals surface area contributed by atoms with Gasteiger partial charge < -0.3 is 20.1 Å². The minimum Gasteiger partial charge on any atom is -0.423 e. The highest BCUT2D eigenvalue weighted by Gasteiger charge is 2.14. The fourth-order valence-corrected chi connectivity index (χ4v) is 2.98. The van der Waals surface area contributed by atoms with Crippen molar-refractivity contribution in [1.82, 2.24) is 0 Å². The molecule has 37 heavy (non-hydrogen) atoms. The molecule has 0 radical (unpaired) electrons. The van der Waals surface area contributed by atoms with Gasteiger partial charge in [-0.2, -0.15) is 0 Å². The molecular weight excluding hydrogens is 472 g/mol. The molecule has 8 nitrogen and oxygen atoms in total. The molecule has 0 fully saturated rings. The SMILES string of the molecule is C=C(C)C(=O)Nc1ccc(C(=O)Oc2ccc(OC(=O)c3ccc(NC(=O)C(=C)C)cc3)c(C)c2)cc1. The highest BCUT2D eigenvalue weighted by atomic mass is 16.5. The number of nitrogens with one attached hydrogen (secondary N) is 2. The zero-order chi connectivity index (χ0) is 27.1. The van der Waals surface area contributed by atoms with Crippen molar-refractivity contribution in [2.24, 2.45) is 0 Å². The van der Waals surface area contributed by atoms with Gasteiger partial charge in [0, 0.05) is 22.5 Å². The molecule has 2 N–H and O–H groups in total. The van der Waals surface area contributed by atoms with Crippen molar-refractivity contribution >= 4 is 35.1 Å². The summed E-state index contributed by atoms with van der Waals surface area (Å²) in [5.74, 6) is -1.20. The maximum atomic E-state index is 12.5. The molecule has 0 saturated heterocycles. The molecule has 8 heteroatoms. The Morgan fingerprint density at radius 1 is 0.649 bits per heavy atom. The van der Waals surface area contributed by atoms with Crippen LogP contribution >= 0.6 is 0 Å². The van der Waals surface area contributed by atoms with Crippen molar-refractivity contribution in [2.75, 3.05) is 10.6 Å². The van der Waals surface area contributed by atoms with Crippen molar-refractivity contribution in [1.29, 1.82) is 0 Å². The van der Waals surface area contributed by atoms with Gasteiger partial charge in [0.2, 0.25) is 0 Å². The lowest BCUT2D eigenvalue weighted by atomic mass is 10.2. The van der Waals surface area contributed by atoms with Crippen LogP contribution in [0.15, 0.2) is 91.0 Å². The van der Waals surface area contributed by atoms with Gasteiger partial charge in [-0.3, -0.25) is 9.59 Å². The zero-order valence-corrected chi connectivity index (χ0v) is 20.7. The molecule has 3 aromatic carbocycles. The van der Waals surface area contributed by atoms with Gasteiger partial charge in [0.05, 0.1) is 11.1 Å². The first-order chi connectivity index (χ1) is 17.5. The van der Waals surface area contributed by atoms with Gasteiger partial charge in [0.25, 0.3) is 11.8 Å². The Kier molecular flexibility index (Phi) is 8.37. The van der Waals surface area contributed by atoms with Crippen LogP contribution in [0.1, 0.15) is 40.1 Å². The number of hydrogen-bond donors (Lipinski definition) is 2. The van der Waals surface area contributed by atoms with Crippen LogP contribution in [0.3, 0.4) is 0 Å². The van der Waals surface area contributed by atoms with Crippen LogP contribution in [0, 0.1) is 6.92 Å². The summed E-state index contributed by atoms with van der Waals surface area (Å²) >= 11 is 0. The molecule has 0 aliphatic heterocycles. The van der Waals surface area contributed by atoms with Crippen molar-refractivity contribution in [3.63, 3.8) is 0 Å². The summed E-state index contributed by atoms with van der Waals surface area (Å²) in [5, 5.41) is 5.32. The molecule has 0 aliphatic rings. The molecule has 0 saturated carbocycles. The molecule has 0 aromatic heterocycles. The number of rotatable bonds is 8. The second kappa shape index (κ2) is 11.6. The average molecular weight is 499 g/mol. The number of anilines is 2. The molecule has 3 rings (SSSR count). The van der Waals surface area contributed by atoms with Crippen LogP contribution in [0.2, 0.25) is 0 Å². The molecule has 2 amide bonds. The minimum absolute atomic E-state index is 0.277. The van der Waals surface area contributed by atoms with Crippen LogP contribution in [0.5, 0.6) is 11.5 Å². The molecule has 0 heterocycles. The van der Waals surface area contributed by atoms with Crippen LogP contribution in [-0.4, -0.2) is 23.8 Å². The first-order valence-corrected chi connectivity index (χ1v) is 11.2. The Morgan fingerprint density at radius 3 is 1.49 bits per heavy atom. The van der Waals surface area contributed by atoms with E-state index >= 15 is 0 Å². The van der Waals surface area contributed by atoms with E-state index in [0.717, 1.165) is 0 Å². The maximum Gasteiger partial charge on any atom is 0.343 e. The van der Waals surface area contributed by atoms with E-state index in [-0.39, 0.29) is 17.6 Å². The monoisotopic (exact) mass is 498 g/mol. The van der Waals surface area contributed by atoms with Crippen LogP contribution < -0.4 is 20.1 Å². The van der Waals surface area contributed by atoms with E-state index in [0.29, 0.717) is 45.0 Å². The van der Waals surface area contributed by atoms with Gasteiger partial charge in [0.15, 0.2) is 0 Å². The smallest absolute Gasteiger partial charge is 0.343 e. The number of hydrogen-bond acceptors (Lipinski definition) is 6. The normalized spacial score (nSPS) is 10.1. The largest absolute Gasteiger partial charge is 0.423 e. The van der Waals surface area contributed by atoms with Gasteiger partial charge in [-0.05, 0) is 93.1 Å². The van der Waals surface area contributed by atoms with Gasteiger partial charge >= 0.3 is 11.9 Å². The van der Waals surface area contributed by atoms with E-state index in [9.17, 15) is 19.2 Å². The summed E-state index contributed by atoms with van der Waals surface area (Å²) in [5.41, 5.74) is 2.97. The lowest BCUT2D eigenvalue weighted by molar-refractivity contribution is -0.113. The fourth-order valence-electron chi connectivity index (χ4n) is 2.98. The van der Waals surface area contributed by atoms with E-state index < -0.39 is 11.9 Å². The van der Waals surface area contributed by atoms with Gasteiger partial charge in [0.1, 0.15) is 11.5 Å². The minimum atomic E-state index is -0.583. The molecule has 0 unspecified atom stereocenters. The number of aryl methyl sites for hydroxylation is 1. The third-order valence-electron chi connectivity index (χ3n) is 5.09. The summed E-state index contributed by atoms with van der Waals surface area (Å²) in [6, 6.07) is 17.1. The third kappa shape index (κ3) is 7.25. The maximum absolute atomic E-state index is 12.5. The highest BCUT2D eigenvalue weighted by molar-refractivity contribution is 6.03. The first kappa shape index (κ1) is 26.6. The predicted octanol–water partition coefficient (Wildman–Crippen LogP) is 5.46. The van der Waals surface area contributed by atoms with E-state index in [1.54, 1.807) is 51.1 Å². The van der Waals surface area contributed by atoms with Gasteiger partial charge in [-0.15, -0.1) is 0 Å². The Balaban J connectivity index is 1.61. The third-order valence-corrected chi connectivity index (χ3v) is 5.09. The van der Waals surface area contributed by atoms with Crippen molar-refractivity contribution in [3.05, 3.63) is 108 Å². The molecule has 188 valence electrons. The topological polar surface area (TPSA) is 111 Å². The Labute approximate surface area is 214 Å². The second-order valence-corrected chi connectivity index (χ2v) is 8.33.